The Morgan fingerprint density at radius 2 is 1.90 bits per heavy atom. The fraction of sp³-hybridized carbons (Fsp3) is 0.533. The van der Waals surface area contributed by atoms with E-state index in [9.17, 15) is 13.6 Å². The van der Waals surface area contributed by atoms with E-state index in [4.69, 9.17) is 4.74 Å². The average molecular weight is 281 g/mol. The Kier molecular flexibility index (Phi) is 3.56. The molecule has 0 N–H and O–H groups in total. The van der Waals surface area contributed by atoms with Crippen molar-refractivity contribution < 1.29 is 18.3 Å². The summed E-state index contributed by atoms with van der Waals surface area (Å²) in [6.07, 6.45) is 2.48. The number of carbonyl (C=O) groups excluding carboxylic acids is 1. The van der Waals surface area contributed by atoms with Gasteiger partial charge >= 0.3 is 0 Å². The van der Waals surface area contributed by atoms with Gasteiger partial charge in [-0.1, -0.05) is 0 Å². The third-order valence-corrected chi connectivity index (χ3v) is 4.20. The van der Waals surface area contributed by atoms with Crippen molar-refractivity contribution >= 4 is 5.78 Å². The monoisotopic (exact) mass is 281 g/mol. The summed E-state index contributed by atoms with van der Waals surface area (Å²) >= 11 is 0. The van der Waals surface area contributed by atoms with Gasteiger partial charge in [0.15, 0.2) is 17.4 Å². The predicted molar refractivity (Wildman–Crippen MR) is 69.6 cm³/mol. The lowest BCUT2D eigenvalue weighted by atomic mass is 10.0. The van der Waals surface area contributed by atoms with Crippen molar-refractivity contribution in [3.8, 4) is 0 Å². The van der Waals surface area contributed by atoms with E-state index in [0.29, 0.717) is 0 Å². The van der Waals surface area contributed by atoms with E-state index in [1.807, 2.05) is 6.92 Å². The zero-order valence-corrected chi connectivity index (χ0v) is 11.3. The van der Waals surface area contributed by atoms with Gasteiger partial charge < -0.3 is 4.74 Å². The molecule has 1 aromatic rings. The van der Waals surface area contributed by atoms with E-state index in [-0.39, 0.29) is 29.6 Å². The van der Waals surface area contributed by atoms with Crippen molar-refractivity contribution in [1.29, 1.82) is 0 Å². The van der Waals surface area contributed by atoms with Crippen molar-refractivity contribution in [2.75, 3.05) is 13.1 Å². The number of morpholine rings is 1. The Bertz CT molecular complexity index is 523. The van der Waals surface area contributed by atoms with Crippen molar-refractivity contribution in [3.05, 3.63) is 35.4 Å². The number of hydrogen-bond acceptors (Lipinski definition) is 3. The Hall–Kier alpha value is -1.33. The van der Waals surface area contributed by atoms with Crippen LogP contribution in [0.2, 0.25) is 0 Å². The minimum absolute atomic E-state index is 0.176. The molecule has 3 nitrogen and oxygen atoms in total. The maximum absolute atomic E-state index is 13.2. The van der Waals surface area contributed by atoms with Crippen LogP contribution in [0.3, 0.4) is 0 Å². The van der Waals surface area contributed by atoms with Crippen LogP contribution in [0.25, 0.3) is 0 Å². The van der Waals surface area contributed by atoms with Crippen LogP contribution in [0.4, 0.5) is 8.78 Å². The fourth-order valence-corrected chi connectivity index (χ4v) is 3.02. The number of benzene rings is 1. The van der Waals surface area contributed by atoms with Gasteiger partial charge in [-0.05, 0) is 38.0 Å². The van der Waals surface area contributed by atoms with Crippen LogP contribution in [-0.2, 0) is 4.74 Å². The van der Waals surface area contributed by atoms with Crippen LogP contribution in [0.5, 0.6) is 0 Å². The molecule has 0 aromatic heterocycles. The van der Waals surface area contributed by atoms with Gasteiger partial charge in [-0.3, -0.25) is 9.69 Å². The third kappa shape index (κ3) is 2.47. The Balaban J connectivity index is 1.74. The molecule has 2 aliphatic rings. The molecule has 2 heterocycles. The second-order valence-corrected chi connectivity index (χ2v) is 5.58. The first-order valence-electron chi connectivity index (χ1n) is 6.93. The van der Waals surface area contributed by atoms with Gasteiger partial charge in [-0.25, -0.2) is 8.78 Å². The number of halogens is 2. The van der Waals surface area contributed by atoms with Crippen molar-refractivity contribution in [2.24, 2.45) is 0 Å². The summed E-state index contributed by atoms with van der Waals surface area (Å²) in [5, 5.41) is 0. The molecular weight excluding hydrogens is 264 g/mol. The largest absolute Gasteiger partial charge is 0.372 e. The lowest BCUT2D eigenvalue weighted by Gasteiger charge is -2.35. The summed E-state index contributed by atoms with van der Waals surface area (Å²) in [4.78, 5) is 14.4. The van der Waals surface area contributed by atoms with Gasteiger partial charge in [0, 0.05) is 18.7 Å². The first-order valence-corrected chi connectivity index (χ1v) is 6.93. The van der Waals surface area contributed by atoms with E-state index in [2.05, 4.69) is 4.90 Å². The van der Waals surface area contributed by atoms with Gasteiger partial charge in [0.05, 0.1) is 18.2 Å². The smallest absolute Gasteiger partial charge is 0.179 e. The molecule has 3 rings (SSSR count). The van der Waals surface area contributed by atoms with E-state index in [1.165, 1.54) is 6.07 Å². The van der Waals surface area contributed by atoms with Crippen molar-refractivity contribution in [2.45, 2.75) is 38.0 Å². The van der Waals surface area contributed by atoms with Gasteiger partial charge in [0.25, 0.3) is 0 Å². The fourth-order valence-electron chi connectivity index (χ4n) is 3.02. The highest BCUT2D eigenvalue weighted by Crippen LogP contribution is 2.28. The Morgan fingerprint density at radius 1 is 1.25 bits per heavy atom. The van der Waals surface area contributed by atoms with Gasteiger partial charge in [-0.2, -0.15) is 0 Å². The molecule has 2 bridgehead atoms. The van der Waals surface area contributed by atoms with E-state index < -0.39 is 11.6 Å². The number of likely N-dealkylation sites (tertiary alicyclic amines) is 1. The SMILES string of the molecule is CC(C(=O)c1ccc(F)c(F)c1)N1CC2CCC(C1)O2. The molecule has 0 radical (unpaired) electrons. The summed E-state index contributed by atoms with van der Waals surface area (Å²) in [5.41, 5.74) is 0.218. The minimum Gasteiger partial charge on any atom is -0.372 e. The van der Waals surface area contributed by atoms with E-state index >= 15 is 0 Å². The third-order valence-electron chi connectivity index (χ3n) is 4.20. The first-order chi connectivity index (χ1) is 9.54. The van der Waals surface area contributed by atoms with Crippen LogP contribution in [0.1, 0.15) is 30.1 Å². The minimum atomic E-state index is -0.981. The second-order valence-electron chi connectivity index (χ2n) is 5.58. The summed E-state index contributed by atoms with van der Waals surface area (Å²) < 4.78 is 31.9. The highest BCUT2D eigenvalue weighted by molar-refractivity contribution is 5.99. The van der Waals surface area contributed by atoms with Crippen molar-refractivity contribution in [1.82, 2.24) is 4.90 Å². The summed E-state index contributed by atoms with van der Waals surface area (Å²) in [6.45, 7) is 3.27. The molecule has 2 fully saturated rings. The predicted octanol–water partition coefficient (Wildman–Crippen LogP) is 2.40. The highest BCUT2D eigenvalue weighted by Gasteiger charge is 2.37. The summed E-state index contributed by atoms with van der Waals surface area (Å²) in [5.74, 6) is -2.09. The molecule has 1 aromatic carbocycles. The maximum atomic E-state index is 13.2. The lowest BCUT2D eigenvalue weighted by Crippen LogP contribution is -2.49. The number of rotatable bonds is 3. The standard InChI is InChI=1S/C15H17F2NO2/c1-9(18-7-11-3-4-12(8-18)20-11)15(19)10-2-5-13(16)14(17)6-10/h2,5-6,9,11-12H,3-4,7-8H2,1H3. The molecule has 20 heavy (non-hydrogen) atoms. The molecule has 5 heteroatoms. The summed E-state index contributed by atoms with van der Waals surface area (Å²) in [6, 6.07) is 2.97. The van der Waals surface area contributed by atoms with Crippen LogP contribution in [0.15, 0.2) is 18.2 Å². The normalized spacial score (nSPS) is 27.6. The number of hydrogen-bond donors (Lipinski definition) is 0. The highest BCUT2D eigenvalue weighted by atomic mass is 19.2. The molecule has 2 saturated heterocycles. The number of nitrogens with zero attached hydrogens (tertiary/aromatic N) is 1. The zero-order chi connectivity index (χ0) is 14.3. The van der Waals surface area contributed by atoms with Crippen LogP contribution < -0.4 is 0 Å². The number of ketones is 1. The van der Waals surface area contributed by atoms with Gasteiger partial charge in [0.2, 0.25) is 0 Å². The molecule has 3 unspecified atom stereocenters. The molecule has 108 valence electrons. The lowest BCUT2D eigenvalue weighted by molar-refractivity contribution is -0.0464. The van der Waals surface area contributed by atoms with Gasteiger partial charge in [0.1, 0.15) is 0 Å². The molecule has 0 amide bonds. The van der Waals surface area contributed by atoms with Crippen molar-refractivity contribution in [3.63, 3.8) is 0 Å². The van der Waals surface area contributed by atoms with Crippen LogP contribution >= 0.6 is 0 Å². The number of Topliss-reactive ketones (excluding diaryl/α,β-unsaturated/α-hetero) is 1. The molecule has 0 saturated carbocycles. The van der Waals surface area contributed by atoms with E-state index in [0.717, 1.165) is 38.1 Å². The number of fused-ring (bicyclic) bond motifs is 2. The van der Waals surface area contributed by atoms with Gasteiger partial charge in [-0.15, -0.1) is 0 Å². The van der Waals surface area contributed by atoms with Crippen LogP contribution in [0, 0.1) is 11.6 Å². The molecule has 0 aliphatic carbocycles. The summed E-state index contributed by atoms with van der Waals surface area (Å²) in [7, 11) is 0. The number of carbonyl (C=O) groups is 1. The molecular formula is C15H17F2NO2. The Labute approximate surface area is 116 Å². The molecule has 0 spiro atoms. The number of ether oxygens (including phenoxy) is 1. The molecule has 3 atom stereocenters. The Morgan fingerprint density at radius 3 is 2.50 bits per heavy atom. The zero-order valence-electron chi connectivity index (χ0n) is 11.3. The second kappa shape index (κ2) is 5.22. The average Bonchev–Trinajstić information content (AvgIpc) is 2.79. The van der Waals surface area contributed by atoms with Crippen LogP contribution in [-0.4, -0.2) is 42.0 Å². The first kappa shape index (κ1) is 13.6. The quantitative estimate of drug-likeness (QED) is 0.797. The van der Waals surface area contributed by atoms with E-state index in [1.54, 1.807) is 0 Å². The maximum Gasteiger partial charge on any atom is 0.179 e. The topological polar surface area (TPSA) is 29.5 Å². The molecule has 2 aliphatic heterocycles.